The average Bonchev–Trinajstić information content (AvgIpc) is 2.62. The third-order valence-corrected chi connectivity index (χ3v) is 7.15. The SMILES string of the molecule is CCCCCCCCCCNC1CC(C)(CC)N(O)C(C)(CC)C1C. The highest BCUT2D eigenvalue weighted by Gasteiger charge is 2.52. The van der Waals surface area contributed by atoms with Crippen molar-refractivity contribution in [3.05, 3.63) is 0 Å². The minimum absolute atomic E-state index is 0.117. The Morgan fingerprint density at radius 2 is 1.48 bits per heavy atom. The number of rotatable bonds is 12. The van der Waals surface area contributed by atoms with Crippen LogP contribution in [-0.2, 0) is 0 Å². The molecule has 0 amide bonds. The van der Waals surface area contributed by atoms with Gasteiger partial charge in [-0.1, -0.05) is 72.6 Å². The molecule has 0 aromatic rings. The Hall–Kier alpha value is -0.120. The molecule has 1 fully saturated rings. The first-order valence-electron chi connectivity index (χ1n) is 11.1. The molecule has 0 aromatic carbocycles. The number of unbranched alkanes of at least 4 members (excludes halogenated alkanes) is 7. The Bertz CT molecular complexity index is 362. The molecule has 4 unspecified atom stereocenters. The van der Waals surface area contributed by atoms with E-state index in [1.54, 1.807) is 5.06 Å². The Morgan fingerprint density at radius 3 is 2.00 bits per heavy atom. The Labute approximate surface area is 157 Å². The van der Waals surface area contributed by atoms with Crippen LogP contribution < -0.4 is 5.32 Å². The zero-order chi connectivity index (χ0) is 18.9. The molecule has 1 rings (SSSR count). The van der Waals surface area contributed by atoms with E-state index in [4.69, 9.17) is 0 Å². The van der Waals surface area contributed by atoms with E-state index in [9.17, 15) is 5.21 Å². The van der Waals surface area contributed by atoms with Gasteiger partial charge in [-0.05, 0) is 52.0 Å². The zero-order valence-corrected chi connectivity index (χ0v) is 18.0. The second-order valence-electron chi connectivity index (χ2n) is 8.90. The van der Waals surface area contributed by atoms with Crippen LogP contribution in [0.1, 0.15) is 112 Å². The minimum atomic E-state index is -0.139. The second kappa shape index (κ2) is 10.9. The Balaban J connectivity index is 2.39. The van der Waals surface area contributed by atoms with Crippen LogP contribution in [-0.4, -0.2) is 33.9 Å². The van der Waals surface area contributed by atoms with Crippen LogP contribution in [0.2, 0.25) is 0 Å². The van der Waals surface area contributed by atoms with Crippen LogP contribution in [0.3, 0.4) is 0 Å². The lowest BCUT2D eigenvalue weighted by atomic mass is 9.68. The van der Waals surface area contributed by atoms with E-state index in [0.717, 1.165) is 25.8 Å². The van der Waals surface area contributed by atoms with E-state index in [1.807, 2.05) is 0 Å². The maximum Gasteiger partial charge on any atom is 0.0476 e. The van der Waals surface area contributed by atoms with Crippen molar-refractivity contribution in [1.29, 1.82) is 0 Å². The van der Waals surface area contributed by atoms with Gasteiger partial charge in [0, 0.05) is 17.1 Å². The smallest absolute Gasteiger partial charge is 0.0476 e. The van der Waals surface area contributed by atoms with Crippen LogP contribution in [0.15, 0.2) is 0 Å². The molecule has 4 atom stereocenters. The van der Waals surface area contributed by atoms with Crippen molar-refractivity contribution < 1.29 is 5.21 Å². The molecular weight excluding hydrogens is 308 g/mol. The van der Waals surface area contributed by atoms with Crippen LogP contribution in [0.5, 0.6) is 0 Å². The van der Waals surface area contributed by atoms with Crippen molar-refractivity contribution in [2.45, 2.75) is 129 Å². The molecule has 1 aliphatic heterocycles. The van der Waals surface area contributed by atoms with E-state index in [-0.39, 0.29) is 11.1 Å². The monoisotopic (exact) mass is 354 g/mol. The van der Waals surface area contributed by atoms with Crippen molar-refractivity contribution in [3.63, 3.8) is 0 Å². The first kappa shape index (κ1) is 22.9. The third-order valence-electron chi connectivity index (χ3n) is 7.15. The first-order valence-corrected chi connectivity index (χ1v) is 11.1. The average molecular weight is 355 g/mol. The van der Waals surface area contributed by atoms with Gasteiger partial charge in [0.1, 0.15) is 0 Å². The molecule has 0 radical (unpaired) electrons. The summed E-state index contributed by atoms with van der Waals surface area (Å²) in [5.74, 6) is 0.455. The molecule has 0 spiro atoms. The second-order valence-corrected chi connectivity index (χ2v) is 8.90. The molecule has 0 aromatic heterocycles. The zero-order valence-electron chi connectivity index (χ0n) is 18.0. The number of hydroxylamine groups is 2. The molecule has 0 aliphatic carbocycles. The van der Waals surface area contributed by atoms with Crippen LogP contribution in [0.25, 0.3) is 0 Å². The third kappa shape index (κ3) is 5.94. The standard InChI is InChI=1S/C22H46N2O/c1-7-10-11-12-13-14-15-16-17-23-20-18-21(5,8-2)24(25)22(6,9-3)19(20)4/h19-20,23,25H,7-18H2,1-6H3. The Morgan fingerprint density at radius 1 is 0.920 bits per heavy atom. The normalized spacial score (nSPS) is 33.7. The number of nitrogens with zero attached hydrogens (tertiary/aromatic N) is 1. The van der Waals surface area contributed by atoms with Crippen molar-refractivity contribution in [3.8, 4) is 0 Å². The summed E-state index contributed by atoms with van der Waals surface area (Å²) >= 11 is 0. The van der Waals surface area contributed by atoms with Gasteiger partial charge < -0.3 is 10.5 Å². The van der Waals surface area contributed by atoms with Crippen LogP contribution >= 0.6 is 0 Å². The first-order chi connectivity index (χ1) is 11.9. The highest BCUT2D eigenvalue weighted by Crippen LogP contribution is 2.44. The summed E-state index contributed by atoms with van der Waals surface area (Å²) in [4.78, 5) is 0. The van der Waals surface area contributed by atoms with E-state index < -0.39 is 0 Å². The maximum absolute atomic E-state index is 10.9. The molecule has 0 saturated carbocycles. The summed E-state index contributed by atoms with van der Waals surface area (Å²) in [5.41, 5.74) is -0.256. The van der Waals surface area contributed by atoms with E-state index in [1.165, 1.54) is 51.4 Å². The number of nitrogens with one attached hydrogen (secondary N) is 1. The topological polar surface area (TPSA) is 35.5 Å². The molecule has 1 saturated heterocycles. The lowest BCUT2D eigenvalue weighted by Crippen LogP contribution is -2.68. The highest BCUT2D eigenvalue weighted by molar-refractivity contribution is 5.05. The fourth-order valence-corrected chi connectivity index (χ4v) is 4.54. The maximum atomic E-state index is 10.9. The van der Waals surface area contributed by atoms with Gasteiger partial charge in [0.25, 0.3) is 0 Å². The van der Waals surface area contributed by atoms with Crippen LogP contribution in [0, 0.1) is 5.92 Å². The molecule has 2 N–H and O–H groups in total. The molecule has 1 aliphatic rings. The lowest BCUT2D eigenvalue weighted by molar-refractivity contribution is -0.274. The highest BCUT2D eigenvalue weighted by atomic mass is 16.5. The molecular formula is C22H46N2O. The van der Waals surface area contributed by atoms with Gasteiger partial charge in [-0.15, -0.1) is 0 Å². The van der Waals surface area contributed by atoms with E-state index in [2.05, 4.69) is 46.9 Å². The molecule has 0 bridgehead atoms. The quantitative estimate of drug-likeness (QED) is 0.412. The summed E-state index contributed by atoms with van der Waals surface area (Å²) in [5, 5.41) is 16.4. The molecule has 1 heterocycles. The summed E-state index contributed by atoms with van der Waals surface area (Å²) < 4.78 is 0. The predicted molar refractivity (Wildman–Crippen MR) is 109 cm³/mol. The number of hydrogen-bond acceptors (Lipinski definition) is 3. The van der Waals surface area contributed by atoms with Gasteiger partial charge in [-0.3, -0.25) is 0 Å². The fraction of sp³-hybridized carbons (Fsp3) is 1.00. The van der Waals surface area contributed by atoms with E-state index in [0.29, 0.717) is 12.0 Å². The van der Waals surface area contributed by atoms with Crippen molar-refractivity contribution >= 4 is 0 Å². The largest absolute Gasteiger partial charge is 0.314 e. The molecule has 150 valence electrons. The lowest BCUT2D eigenvalue weighted by Gasteiger charge is -2.57. The molecule has 3 nitrogen and oxygen atoms in total. The van der Waals surface area contributed by atoms with Gasteiger partial charge in [0.15, 0.2) is 0 Å². The van der Waals surface area contributed by atoms with Gasteiger partial charge in [-0.25, -0.2) is 0 Å². The van der Waals surface area contributed by atoms with Gasteiger partial charge in [0.05, 0.1) is 0 Å². The summed E-state index contributed by atoms with van der Waals surface area (Å²) in [6.45, 7) is 14.6. The van der Waals surface area contributed by atoms with Gasteiger partial charge in [-0.2, -0.15) is 5.06 Å². The minimum Gasteiger partial charge on any atom is -0.314 e. The number of hydrogen-bond donors (Lipinski definition) is 2. The van der Waals surface area contributed by atoms with Crippen molar-refractivity contribution in [2.24, 2.45) is 5.92 Å². The van der Waals surface area contributed by atoms with E-state index >= 15 is 0 Å². The Kier molecular flexibility index (Phi) is 9.98. The fourth-order valence-electron chi connectivity index (χ4n) is 4.54. The van der Waals surface area contributed by atoms with Crippen molar-refractivity contribution in [2.75, 3.05) is 6.54 Å². The van der Waals surface area contributed by atoms with Gasteiger partial charge in [0.2, 0.25) is 0 Å². The number of piperidine rings is 1. The molecule has 25 heavy (non-hydrogen) atoms. The summed E-state index contributed by atoms with van der Waals surface area (Å²) in [6, 6.07) is 0.503. The summed E-state index contributed by atoms with van der Waals surface area (Å²) in [6.07, 6.45) is 14.0. The van der Waals surface area contributed by atoms with Gasteiger partial charge >= 0.3 is 0 Å². The summed E-state index contributed by atoms with van der Waals surface area (Å²) in [7, 11) is 0. The molecule has 3 heteroatoms. The predicted octanol–water partition coefficient (Wildman–Crippen LogP) is 6.15. The van der Waals surface area contributed by atoms with Crippen LogP contribution in [0.4, 0.5) is 0 Å². The van der Waals surface area contributed by atoms with Crippen molar-refractivity contribution in [1.82, 2.24) is 10.4 Å².